The van der Waals surface area contributed by atoms with Gasteiger partial charge in [-0.1, -0.05) is 48.5 Å². The van der Waals surface area contributed by atoms with Crippen molar-refractivity contribution in [1.29, 1.82) is 0 Å². The van der Waals surface area contributed by atoms with Gasteiger partial charge in [0.1, 0.15) is 6.04 Å². The summed E-state index contributed by atoms with van der Waals surface area (Å²) in [5.41, 5.74) is 1.61. The quantitative estimate of drug-likeness (QED) is 0.467. The lowest BCUT2D eigenvalue weighted by atomic mass is 10.1. The number of aromatic amines is 1. The molecule has 0 aliphatic rings. The van der Waals surface area contributed by atoms with Gasteiger partial charge in [-0.3, -0.25) is 4.79 Å². The molecule has 28 heavy (non-hydrogen) atoms. The monoisotopic (exact) mass is 394 g/mol. The number of para-hydroxylation sites is 1. The molecule has 1 atom stereocenters. The number of carbonyl (C=O) groups is 1. The minimum atomic E-state index is -3.99. The number of fused-ring (bicyclic) bond motifs is 2. The van der Waals surface area contributed by atoms with Crippen LogP contribution in [0.5, 0.6) is 0 Å². The number of aromatic nitrogens is 1. The summed E-state index contributed by atoms with van der Waals surface area (Å²) < 4.78 is 27.9. The molecule has 0 saturated carbocycles. The number of H-pyrrole nitrogens is 1. The van der Waals surface area contributed by atoms with Crippen LogP contribution < -0.4 is 4.72 Å². The van der Waals surface area contributed by atoms with E-state index in [-0.39, 0.29) is 11.3 Å². The van der Waals surface area contributed by atoms with Crippen molar-refractivity contribution in [2.75, 3.05) is 0 Å². The van der Waals surface area contributed by atoms with E-state index in [4.69, 9.17) is 0 Å². The maximum Gasteiger partial charge on any atom is 0.322 e. The summed E-state index contributed by atoms with van der Waals surface area (Å²) in [5.74, 6) is -1.23. The van der Waals surface area contributed by atoms with E-state index >= 15 is 0 Å². The molecule has 7 heteroatoms. The third-order valence-corrected chi connectivity index (χ3v) is 6.20. The number of nitrogens with one attached hydrogen (secondary N) is 2. The molecule has 142 valence electrons. The molecular weight excluding hydrogens is 376 g/mol. The Kier molecular flexibility index (Phi) is 4.62. The molecule has 3 aromatic carbocycles. The largest absolute Gasteiger partial charge is 0.480 e. The van der Waals surface area contributed by atoms with Gasteiger partial charge >= 0.3 is 5.97 Å². The van der Waals surface area contributed by atoms with Gasteiger partial charge in [-0.05, 0) is 34.5 Å². The Hall–Kier alpha value is -3.16. The van der Waals surface area contributed by atoms with Gasteiger partial charge in [0.2, 0.25) is 10.0 Å². The van der Waals surface area contributed by atoms with E-state index in [9.17, 15) is 18.3 Å². The fourth-order valence-corrected chi connectivity index (χ4v) is 4.51. The predicted octanol–water partition coefficient (Wildman–Crippen LogP) is 3.30. The van der Waals surface area contributed by atoms with Crippen molar-refractivity contribution in [2.24, 2.45) is 0 Å². The van der Waals surface area contributed by atoms with Gasteiger partial charge in [0.15, 0.2) is 0 Å². The number of benzene rings is 3. The van der Waals surface area contributed by atoms with Crippen molar-refractivity contribution in [3.8, 4) is 0 Å². The minimum Gasteiger partial charge on any atom is -0.480 e. The zero-order valence-electron chi connectivity index (χ0n) is 14.8. The lowest BCUT2D eigenvalue weighted by Crippen LogP contribution is -2.42. The second-order valence-electron chi connectivity index (χ2n) is 6.58. The Bertz CT molecular complexity index is 1280. The molecule has 0 bridgehead atoms. The minimum absolute atomic E-state index is 0.0339. The third kappa shape index (κ3) is 3.49. The standard InChI is InChI=1S/C21H18N2O4S/c24-21(25)20(12-16-13-22-19-8-4-3-7-18(16)19)23-28(26,27)17-10-9-14-5-1-2-6-15(14)11-17/h1-11,13,20,22-23H,12H2,(H,24,25)/t20-/m0/s1. The summed E-state index contributed by atoms with van der Waals surface area (Å²) >= 11 is 0. The third-order valence-electron chi connectivity index (χ3n) is 4.73. The van der Waals surface area contributed by atoms with E-state index in [1.165, 1.54) is 6.07 Å². The first-order chi connectivity index (χ1) is 13.4. The molecule has 1 heterocycles. The van der Waals surface area contributed by atoms with Crippen LogP contribution in [-0.4, -0.2) is 30.5 Å². The smallest absolute Gasteiger partial charge is 0.322 e. The summed E-state index contributed by atoms with van der Waals surface area (Å²) in [4.78, 5) is 14.9. The van der Waals surface area contributed by atoms with Gasteiger partial charge in [-0.2, -0.15) is 4.72 Å². The highest BCUT2D eigenvalue weighted by molar-refractivity contribution is 7.89. The first kappa shape index (κ1) is 18.2. The van der Waals surface area contributed by atoms with E-state index in [1.807, 2.05) is 48.5 Å². The van der Waals surface area contributed by atoms with Gasteiger partial charge in [0.05, 0.1) is 4.90 Å². The number of carboxylic acids is 1. The van der Waals surface area contributed by atoms with E-state index in [0.717, 1.165) is 27.2 Å². The van der Waals surface area contributed by atoms with Crippen LogP contribution in [0.3, 0.4) is 0 Å². The Balaban J connectivity index is 1.63. The van der Waals surface area contributed by atoms with Crippen LogP contribution in [0.15, 0.2) is 77.8 Å². The SMILES string of the molecule is O=C(O)[C@H](Cc1c[nH]c2ccccc12)NS(=O)(=O)c1ccc2ccccc2c1. The Morgan fingerprint density at radius 3 is 2.50 bits per heavy atom. The van der Waals surface area contributed by atoms with Crippen LogP contribution in [0.1, 0.15) is 5.56 Å². The summed E-state index contributed by atoms with van der Waals surface area (Å²) in [6.07, 6.45) is 1.75. The molecule has 0 aliphatic heterocycles. The van der Waals surface area contributed by atoms with E-state index in [1.54, 1.807) is 18.3 Å². The highest BCUT2D eigenvalue weighted by atomic mass is 32.2. The summed E-state index contributed by atoms with van der Waals surface area (Å²) in [7, 11) is -3.99. The molecule has 6 nitrogen and oxygen atoms in total. The molecular formula is C21H18N2O4S. The van der Waals surface area contributed by atoms with Crippen molar-refractivity contribution < 1.29 is 18.3 Å². The van der Waals surface area contributed by atoms with Crippen LogP contribution in [0.25, 0.3) is 21.7 Å². The van der Waals surface area contributed by atoms with E-state index in [0.29, 0.717) is 0 Å². The molecule has 0 saturated heterocycles. The molecule has 0 amide bonds. The number of sulfonamides is 1. The van der Waals surface area contributed by atoms with Crippen molar-refractivity contribution in [1.82, 2.24) is 9.71 Å². The maximum absolute atomic E-state index is 12.8. The molecule has 0 radical (unpaired) electrons. The van der Waals surface area contributed by atoms with Crippen LogP contribution in [0.2, 0.25) is 0 Å². The van der Waals surface area contributed by atoms with Crippen LogP contribution in [0.4, 0.5) is 0 Å². The number of hydrogen-bond donors (Lipinski definition) is 3. The lowest BCUT2D eigenvalue weighted by Gasteiger charge is -2.15. The van der Waals surface area contributed by atoms with Gasteiger partial charge in [-0.15, -0.1) is 0 Å². The number of hydrogen-bond acceptors (Lipinski definition) is 3. The normalized spacial score (nSPS) is 13.0. The fourth-order valence-electron chi connectivity index (χ4n) is 3.29. The first-order valence-corrected chi connectivity index (χ1v) is 10.2. The number of aliphatic carboxylic acids is 1. The van der Waals surface area contributed by atoms with Crippen molar-refractivity contribution >= 4 is 37.7 Å². The molecule has 4 aromatic rings. The Labute approximate surface area is 161 Å². The van der Waals surface area contributed by atoms with E-state index in [2.05, 4.69) is 9.71 Å². The Morgan fingerprint density at radius 1 is 1.00 bits per heavy atom. The summed E-state index contributed by atoms with van der Waals surface area (Å²) in [6.45, 7) is 0. The van der Waals surface area contributed by atoms with Crippen molar-refractivity contribution in [3.05, 3.63) is 78.5 Å². The maximum atomic E-state index is 12.8. The molecule has 0 unspecified atom stereocenters. The van der Waals surface area contributed by atoms with Crippen LogP contribution in [0, 0.1) is 0 Å². The van der Waals surface area contributed by atoms with E-state index < -0.39 is 22.0 Å². The van der Waals surface area contributed by atoms with Crippen LogP contribution in [-0.2, 0) is 21.2 Å². The van der Waals surface area contributed by atoms with Crippen molar-refractivity contribution in [2.45, 2.75) is 17.4 Å². The van der Waals surface area contributed by atoms with Gasteiger partial charge < -0.3 is 10.1 Å². The Morgan fingerprint density at radius 2 is 1.71 bits per heavy atom. The number of rotatable bonds is 6. The summed E-state index contributed by atoms with van der Waals surface area (Å²) in [5, 5.41) is 12.1. The first-order valence-electron chi connectivity index (χ1n) is 8.73. The molecule has 3 N–H and O–H groups in total. The topological polar surface area (TPSA) is 99.3 Å². The molecule has 1 aromatic heterocycles. The fraction of sp³-hybridized carbons (Fsp3) is 0.0952. The average molecular weight is 394 g/mol. The van der Waals surface area contributed by atoms with Gasteiger partial charge in [0, 0.05) is 23.5 Å². The second-order valence-corrected chi connectivity index (χ2v) is 8.30. The molecule has 0 fully saturated rings. The lowest BCUT2D eigenvalue weighted by molar-refractivity contribution is -0.138. The molecule has 4 rings (SSSR count). The zero-order chi connectivity index (χ0) is 19.7. The average Bonchev–Trinajstić information content (AvgIpc) is 3.10. The highest BCUT2D eigenvalue weighted by Gasteiger charge is 2.26. The second kappa shape index (κ2) is 7.10. The number of carboxylic acid groups (broad SMARTS) is 1. The molecule has 0 aliphatic carbocycles. The summed E-state index contributed by atoms with van der Waals surface area (Å²) in [6, 6.07) is 18.3. The van der Waals surface area contributed by atoms with Gasteiger partial charge in [-0.25, -0.2) is 8.42 Å². The highest BCUT2D eigenvalue weighted by Crippen LogP contribution is 2.21. The van der Waals surface area contributed by atoms with Crippen molar-refractivity contribution in [3.63, 3.8) is 0 Å². The molecule has 0 spiro atoms. The zero-order valence-corrected chi connectivity index (χ0v) is 15.6. The predicted molar refractivity (Wildman–Crippen MR) is 108 cm³/mol. The van der Waals surface area contributed by atoms with Gasteiger partial charge in [0.25, 0.3) is 0 Å². The van der Waals surface area contributed by atoms with Crippen LogP contribution >= 0.6 is 0 Å².